The predicted octanol–water partition coefficient (Wildman–Crippen LogP) is 3.62. The molecular formula is C12H21N. The molecule has 1 N–H and O–H groups in total. The fourth-order valence-corrected chi connectivity index (χ4v) is 0.788. The highest BCUT2D eigenvalue weighted by atomic mass is 14.9. The maximum Gasteiger partial charge on any atom is 0.0308 e. The van der Waals surface area contributed by atoms with Crippen LogP contribution in [0.25, 0.3) is 0 Å². The van der Waals surface area contributed by atoms with E-state index in [2.05, 4.69) is 52.2 Å². The highest BCUT2D eigenvalue weighted by Gasteiger charge is 2.12. The number of rotatable bonds is 3. The minimum atomic E-state index is 0.208. The third kappa shape index (κ3) is 5.29. The van der Waals surface area contributed by atoms with Crippen molar-refractivity contribution in [1.82, 2.24) is 5.32 Å². The molecule has 0 radical (unpaired) electrons. The lowest BCUT2D eigenvalue weighted by Crippen LogP contribution is -2.11. The first-order chi connectivity index (χ1) is 5.73. The number of nitrogens with one attached hydrogen (secondary N) is 1. The Bertz CT molecular complexity index is 238. The van der Waals surface area contributed by atoms with E-state index in [-0.39, 0.29) is 5.41 Å². The normalized spacial score (nSPS) is 12.5. The summed E-state index contributed by atoms with van der Waals surface area (Å²) in [4.78, 5) is 0. The molecule has 0 amide bonds. The van der Waals surface area contributed by atoms with Crippen LogP contribution in [0.4, 0.5) is 0 Å². The lowest BCUT2D eigenvalue weighted by atomic mass is 9.87. The third-order valence-electron chi connectivity index (χ3n) is 1.95. The monoisotopic (exact) mass is 179 g/mol. The Morgan fingerprint density at radius 3 is 1.92 bits per heavy atom. The number of hydrogen-bond acceptors (Lipinski definition) is 1. The summed E-state index contributed by atoms with van der Waals surface area (Å²) in [5.74, 6) is 0. The van der Waals surface area contributed by atoms with Gasteiger partial charge in [0.25, 0.3) is 0 Å². The van der Waals surface area contributed by atoms with Gasteiger partial charge in [-0.05, 0) is 25.3 Å². The van der Waals surface area contributed by atoms with Gasteiger partial charge in [-0.1, -0.05) is 39.5 Å². The van der Waals surface area contributed by atoms with E-state index in [0.29, 0.717) is 0 Å². The van der Waals surface area contributed by atoms with Crippen molar-refractivity contribution in [3.05, 3.63) is 36.2 Å². The molecule has 0 saturated heterocycles. The Balaban J connectivity index is 4.40. The average Bonchev–Trinajstić information content (AvgIpc) is 1.82. The van der Waals surface area contributed by atoms with Crippen molar-refractivity contribution in [2.75, 3.05) is 0 Å². The first-order valence-corrected chi connectivity index (χ1v) is 4.53. The van der Waals surface area contributed by atoms with E-state index in [9.17, 15) is 0 Å². The summed E-state index contributed by atoms with van der Waals surface area (Å²) in [6.07, 6.45) is 2.06. The van der Waals surface area contributed by atoms with Gasteiger partial charge in [0.15, 0.2) is 0 Å². The number of hydrogen-bond donors (Lipinski definition) is 1. The SMILES string of the molecule is C=C(C)NC(=C)/C=C(\C)C(C)(C)C. The van der Waals surface area contributed by atoms with Gasteiger partial charge in [0.2, 0.25) is 0 Å². The van der Waals surface area contributed by atoms with Gasteiger partial charge in [-0.2, -0.15) is 0 Å². The first-order valence-electron chi connectivity index (χ1n) is 4.53. The van der Waals surface area contributed by atoms with Crippen LogP contribution < -0.4 is 5.32 Å². The van der Waals surface area contributed by atoms with Gasteiger partial charge in [0.05, 0.1) is 0 Å². The Morgan fingerprint density at radius 2 is 1.62 bits per heavy atom. The van der Waals surface area contributed by atoms with Gasteiger partial charge in [0, 0.05) is 11.4 Å². The summed E-state index contributed by atoms with van der Waals surface area (Å²) in [5, 5.41) is 3.08. The van der Waals surface area contributed by atoms with Gasteiger partial charge < -0.3 is 5.32 Å². The van der Waals surface area contributed by atoms with Crippen molar-refractivity contribution >= 4 is 0 Å². The summed E-state index contributed by atoms with van der Waals surface area (Å²) in [7, 11) is 0. The van der Waals surface area contributed by atoms with Gasteiger partial charge in [-0.3, -0.25) is 0 Å². The van der Waals surface area contributed by atoms with Crippen molar-refractivity contribution in [2.45, 2.75) is 34.6 Å². The molecule has 0 unspecified atom stereocenters. The Hall–Kier alpha value is -0.980. The molecule has 0 aromatic rings. The average molecular weight is 179 g/mol. The Kier molecular flexibility index (Phi) is 3.99. The van der Waals surface area contributed by atoms with Crippen LogP contribution in [0.15, 0.2) is 36.2 Å². The molecule has 13 heavy (non-hydrogen) atoms. The van der Waals surface area contributed by atoms with Gasteiger partial charge >= 0.3 is 0 Å². The zero-order valence-corrected chi connectivity index (χ0v) is 9.49. The van der Waals surface area contributed by atoms with E-state index in [1.807, 2.05) is 6.92 Å². The van der Waals surface area contributed by atoms with E-state index >= 15 is 0 Å². The topological polar surface area (TPSA) is 12.0 Å². The van der Waals surface area contributed by atoms with Crippen molar-refractivity contribution in [3.63, 3.8) is 0 Å². The van der Waals surface area contributed by atoms with E-state index in [1.165, 1.54) is 5.57 Å². The quantitative estimate of drug-likeness (QED) is 0.652. The van der Waals surface area contributed by atoms with Crippen molar-refractivity contribution in [3.8, 4) is 0 Å². The molecule has 0 atom stereocenters. The second kappa shape index (κ2) is 4.31. The van der Waals surface area contributed by atoms with Crippen LogP contribution in [-0.4, -0.2) is 0 Å². The molecule has 0 aliphatic heterocycles. The lowest BCUT2D eigenvalue weighted by molar-refractivity contribution is 0.503. The predicted molar refractivity (Wildman–Crippen MR) is 60.3 cm³/mol. The largest absolute Gasteiger partial charge is 0.360 e. The molecule has 0 rings (SSSR count). The molecule has 0 aliphatic rings. The minimum Gasteiger partial charge on any atom is -0.360 e. The van der Waals surface area contributed by atoms with Crippen molar-refractivity contribution in [1.29, 1.82) is 0 Å². The molecule has 74 valence electrons. The van der Waals surface area contributed by atoms with E-state index in [4.69, 9.17) is 0 Å². The molecule has 0 spiro atoms. The number of allylic oxidation sites excluding steroid dienone is 3. The minimum absolute atomic E-state index is 0.208. The van der Waals surface area contributed by atoms with Crippen LogP contribution in [0.2, 0.25) is 0 Å². The smallest absolute Gasteiger partial charge is 0.0308 e. The van der Waals surface area contributed by atoms with Gasteiger partial charge in [0.1, 0.15) is 0 Å². The molecule has 0 heterocycles. The zero-order valence-electron chi connectivity index (χ0n) is 9.49. The van der Waals surface area contributed by atoms with Gasteiger partial charge in [-0.15, -0.1) is 0 Å². The highest BCUT2D eigenvalue weighted by molar-refractivity contribution is 5.23. The van der Waals surface area contributed by atoms with Gasteiger partial charge in [-0.25, -0.2) is 0 Å². The second-order valence-corrected chi connectivity index (χ2v) is 4.51. The second-order valence-electron chi connectivity index (χ2n) is 4.51. The fraction of sp³-hybridized carbons (Fsp3) is 0.500. The van der Waals surface area contributed by atoms with E-state index in [0.717, 1.165) is 11.4 Å². The molecule has 0 aliphatic carbocycles. The van der Waals surface area contributed by atoms with Crippen LogP contribution in [-0.2, 0) is 0 Å². The Labute approximate surface area is 82.2 Å². The Morgan fingerprint density at radius 1 is 1.15 bits per heavy atom. The van der Waals surface area contributed by atoms with Crippen LogP contribution in [0, 0.1) is 5.41 Å². The summed E-state index contributed by atoms with van der Waals surface area (Å²) < 4.78 is 0. The van der Waals surface area contributed by atoms with E-state index < -0.39 is 0 Å². The summed E-state index contributed by atoms with van der Waals surface area (Å²) in [6.45, 7) is 18.3. The van der Waals surface area contributed by atoms with Crippen LogP contribution >= 0.6 is 0 Å². The van der Waals surface area contributed by atoms with Crippen LogP contribution in [0.1, 0.15) is 34.6 Å². The third-order valence-corrected chi connectivity index (χ3v) is 1.95. The first kappa shape index (κ1) is 12.0. The molecule has 0 saturated carbocycles. The maximum absolute atomic E-state index is 3.90. The lowest BCUT2D eigenvalue weighted by Gasteiger charge is -2.20. The fourth-order valence-electron chi connectivity index (χ4n) is 0.788. The zero-order chi connectivity index (χ0) is 10.6. The highest BCUT2D eigenvalue weighted by Crippen LogP contribution is 2.24. The summed E-state index contributed by atoms with van der Waals surface area (Å²) in [6, 6.07) is 0. The molecule has 0 aromatic carbocycles. The summed E-state index contributed by atoms with van der Waals surface area (Å²) >= 11 is 0. The van der Waals surface area contributed by atoms with Crippen LogP contribution in [0.5, 0.6) is 0 Å². The molecule has 0 fully saturated rings. The van der Waals surface area contributed by atoms with Crippen molar-refractivity contribution in [2.24, 2.45) is 5.41 Å². The van der Waals surface area contributed by atoms with E-state index in [1.54, 1.807) is 0 Å². The van der Waals surface area contributed by atoms with Crippen molar-refractivity contribution < 1.29 is 0 Å². The molecule has 0 aromatic heterocycles. The van der Waals surface area contributed by atoms with Crippen LogP contribution in [0.3, 0.4) is 0 Å². The molecular weight excluding hydrogens is 158 g/mol. The standard InChI is InChI=1S/C12H21N/c1-9(2)13-11(4)8-10(3)12(5,6)7/h8,13H,1,4H2,2-3,5-7H3/b10-8+. The molecule has 1 heteroatoms. The molecule has 0 bridgehead atoms. The summed E-state index contributed by atoms with van der Waals surface area (Å²) in [5.41, 5.74) is 3.34. The molecule has 1 nitrogen and oxygen atoms in total. The maximum atomic E-state index is 3.90.